The normalized spacial score (nSPS) is 12.4. The molecule has 0 aliphatic carbocycles. The van der Waals surface area contributed by atoms with E-state index in [-0.39, 0.29) is 5.97 Å². The number of ether oxygens (including phenoxy) is 1. The average Bonchev–Trinajstić information content (AvgIpc) is 2.62. The van der Waals surface area contributed by atoms with Gasteiger partial charge in [0.25, 0.3) is 0 Å². The minimum absolute atomic E-state index is 0.293. The Balaban J connectivity index is 2.11. The van der Waals surface area contributed by atoms with Gasteiger partial charge in [-0.05, 0) is 85.0 Å². The molecule has 0 saturated carbocycles. The molecule has 0 aliphatic rings. The van der Waals surface area contributed by atoms with Crippen LogP contribution in [0.15, 0.2) is 36.4 Å². The maximum absolute atomic E-state index is 11.6. The van der Waals surface area contributed by atoms with E-state index in [2.05, 4.69) is 52.0 Å². The zero-order valence-electron chi connectivity index (χ0n) is 16.8. The van der Waals surface area contributed by atoms with Gasteiger partial charge >= 0.3 is 5.97 Å². The second kappa shape index (κ2) is 8.84. The molecule has 2 heteroatoms. The Kier molecular flexibility index (Phi) is 6.79. The van der Waals surface area contributed by atoms with Gasteiger partial charge in [-0.15, -0.1) is 0 Å². The molecule has 0 fully saturated rings. The molecule has 0 amide bonds. The Morgan fingerprint density at radius 1 is 1.04 bits per heavy atom. The van der Waals surface area contributed by atoms with Crippen molar-refractivity contribution in [3.8, 4) is 0 Å². The highest BCUT2D eigenvalue weighted by Gasteiger charge is 2.08. The fourth-order valence-electron chi connectivity index (χ4n) is 3.33. The van der Waals surface area contributed by atoms with Crippen LogP contribution in [-0.4, -0.2) is 13.1 Å². The molecule has 2 nitrogen and oxygen atoms in total. The van der Waals surface area contributed by atoms with Gasteiger partial charge in [0.15, 0.2) is 0 Å². The van der Waals surface area contributed by atoms with Crippen molar-refractivity contribution in [3.63, 3.8) is 0 Å². The summed E-state index contributed by atoms with van der Waals surface area (Å²) in [5.41, 5.74) is 8.45. The number of aryl methyl sites for hydroxylation is 4. The van der Waals surface area contributed by atoms with Gasteiger partial charge in [-0.3, -0.25) is 0 Å². The number of hydrogen-bond donors (Lipinski definition) is 0. The first-order valence-electron chi connectivity index (χ1n) is 9.31. The van der Waals surface area contributed by atoms with Crippen LogP contribution in [0.2, 0.25) is 0 Å². The van der Waals surface area contributed by atoms with E-state index in [1.54, 1.807) is 0 Å². The SMILES string of the molecule is CCc1cc(C)c(CC(C)C=Cc2ccc(C(=O)OC)cc2C)cc1C. The van der Waals surface area contributed by atoms with Gasteiger partial charge in [-0.1, -0.05) is 44.2 Å². The molecule has 0 N–H and O–H groups in total. The molecule has 26 heavy (non-hydrogen) atoms. The molecule has 2 aromatic carbocycles. The molecule has 0 aliphatic heterocycles. The van der Waals surface area contributed by atoms with Crippen molar-refractivity contribution in [2.45, 2.75) is 47.5 Å². The molecule has 2 rings (SSSR count). The Morgan fingerprint density at radius 2 is 1.69 bits per heavy atom. The average molecular weight is 351 g/mol. The van der Waals surface area contributed by atoms with E-state index in [0.29, 0.717) is 11.5 Å². The minimum Gasteiger partial charge on any atom is -0.465 e. The maximum atomic E-state index is 11.6. The van der Waals surface area contributed by atoms with E-state index in [1.165, 1.54) is 29.4 Å². The minimum atomic E-state index is -0.293. The molecule has 0 bridgehead atoms. The van der Waals surface area contributed by atoms with Crippen LogP contribution in [0, 0.1) is 26.7 Å². The van der Waals surface area contributed by atoms with Crippen molar-refractivity contribution in [1.82, 2.24) is 0 Å². The second-order valence-corrected chi connectivity index (χ2v) is 7.16. The largest absolute Gasteiger partial charge is 0.465 e. The topological polar surface area (TPSA) is 26.3 Å². The highest BCUT2D eigenvalue weighted by molar-refractivity contribution is 5.89. The third-order valence-electron chi connectivity index (χ3n) is 5.01. The third-order valence-corrected chi connectivity index (χ3v) is 5.01. The van der Waals surface area contributed by atoms with Crippen LogP contribution >= 0.6 is 0 Å². The molecule has 0 aromatic heterocycles. The van der Waals surface area contributed by atoms with Gasteiger partial charge in [0.05, 0.1) is 12.7 Å². The third kappa shape index (κ3) is 4.85. The zero-order chi connectivity index (χ0) is 19.3. The van der Waals surface area contributed by atoms with Crippen LogP contribution in [-0.2, 0) is 17.6 Å². The van der Waals surface area contributed by atoms with Crippen molar-refractivity contribution in [1.29, 1.82) is 0 Å². The molecule has 0 spiro atoms. The van der Waals surface area contributed by atoms with E-state index in [0.717, 1.165) is 24.0 Å². The summed E-state index contributed by atoms with van der Waals surface area (Å²) in [5.74, 6) is 0.152. The van der Waals surface area contributed by atoms with E-state index in [1.807, 2.05) is 25.1 Å². The summed E-state index contributed by atoms with van der Waals surface area (Å²) in [6, 6.07) is 10.4. The Hall–Kier alpha value is -2.35. The molecular formula is C24H30O2. The van der Waals surface area contributed by atoms with E-state index in [9.17, 15) is 4.79 Å². The van der Waals surface area contributed by atoms with E-state index >= 15 is 0 Å². The first-order valence-corrected chi connectivity index (χ1v) is 9.31. The summed E-state index contributed by atoms with van der Waals surface area (Å²) < 4.78 is 4.78. The number of carbonyl (C=O) groups is 1. The summed E-state index contributed by atoms with van der Waals surface area (Å²) >= 11 is 0. The molecule has 1 unspecified atom stereocenters. The predicted molar refractivity (Wildman–Crippen MR) is 110 cm³/mol. The maximum Gasteiger partial charge on any atom is 0.337 e. The Morgan fingerprint density at radius 3 is 2.31 bits per heavy atom. The lowest BCUT2D eigenvalue weighted by Gasteiger charge is -2.14. The van der Waals surface area contributed by atoms with Crippen molar-refractivity contribution in [3.05, 3.63) is 75.4 Å². The summed E-state index contributed by atoms with van der Waals surface area (Å²) in [5, 5.41) is 0. The lowest BCUT2D eigenvalue weighted by Crippen LogP contribution is -2.02. The summed E-state index contributed by atoms with van der Waals surface area (Å²) in [7, 11) is 1.41. The van der Waals surface area contributed by atoms with Gasteiger partial charge in [-0.25, -0.2) is 4.79 Å². The molecular weight excluding hydrogens is 320 g/mol. The molecule has 1 atom stereocenters. The van der Waals surface area contributed by atoms with Crippen LogP contribution in [0.3, 0.4) is 0 Å². The number of carbonyl (C=O) groups excluding carboxylic acids is 1. The fourth-order valence-corrected chi connectivity index (χ4v) is 3.33. The molecule has 0 saturated heterocycles. The zero-order valence-corrected chi connectivity index (χ0v) is 16.8. The van der Waals surface area contributed by atoms with Crippen LogP contribution in [0.4, 0.5) is 0 Å². The number of allylic oxidation sites excluding steroid dienone is 1. The predicted octanol–water partition coefficient (Wildman–Crippen LogP) is 5.85. The fraction of sp³-hybridized carbons (Fsp3) is 0.375. The lowest BCUT2D eigenvalue weighted by atomic mass is 9.92. The van der Waals surface area contributed by atoms with Crippen LogP contribution in [0.25, 0.3) is 6.08 Å². The quantitative estimate of drug-likeness (QED) is 0.611. The monoisotopic (exact) mass is 350 g/mol. The molecule has 0 heterocycles. The standard InChI is InChI=1S/C24H30O2/c1-7-20-13-19(5)23(15-17(20)3)12-16(2)8-9-21-10-11-22(14-18(21)4)24(25)26-6/h8-11,13-16H,7,12H2,1-6H3. The number of benzene rings is 2. The van der Waals surface area contributed by atoms with Crippen LogP contribution in [0.5, 0.6) is 0 Å². The van der Waals surface area contributed by atoms with E-state index < -0.39 is 0 Å². The van der Waals surface area contributed by atoms with Crippen molar-refractivity contribution >= 4 is 12.0 Å². The molecule has 2 aromatic rings. The highest BCUT2D eigenvalue weighted by atomic mass is 16.5. The number of rotatable bonds is 6. The lowest BCUT2D eigenvalue weighted by molar-refractivity contribution is 0.0600. The van der Waals surface area contributed by atoms with Crippen molar-refractivity contribution in [2.75, 3.05) is 7.11 Å². The van der Waals surface area contributed by atoms with Gasteiger partial charge in [0.2, 0.25) is 0 Å². The number of methoxy groups -OCH3 is 1. The first-order chi connectivity index (χ1) is 12.3. The van der Waals surface area contributed by atoms with E-state index in [4.69, 9.17) is 4.74 Å². The Bertz CT molecular complexity index is 815. The van der Waals surface area contributed by atoms with Crippen molar-refractivity contribution in [2.24, 2.45) is 5.92 Å². The van der Waals surface area contributed by atoms with Crippen molar-refractivity contribution < 1.29 is 9.53 Å². The summed E-state index contributed by atoms with van der Waals surface area (Å²) in [4.78, 5) is 11.6. The van der Waals surface area contributed by atoms with Gasteiger partial charge in [0, 0.05) is 0 Å². The second-order valence-electron chi connectivity index (χ2n) is 7.16. The smallest absolute Gasteiger partial charge is 0.337 e. The number of hydrogen-bond acceptors (Lipinski definition) is 2. The van der Waals surface area contributed by atoms with Crippen LogP contribution in [0.1, 0.15) is 57.6 Å². The molecule has 138 valence electrons. The first kappa shape index (κ1) is 20.0. The van der Waals surface area contributed by atoms with Crippen LogP contribution < -0.4 is 0 Å². The van der Waals surface area contributed by atoms with Gasteiger partial charge in [0.1, 0.15) is 0 Å². The molecule has 0 radical (unpaired) electrons. The summed E-state index contributed by atoms with van der Waals surface area (Å²) in [6.07, 6.45) is 6.53. The number of esters is 1. The summed E-state index contributed by atoms with van der Waals surface area (Å²) in [6.45, 7) is 10.9. The van der Waals surface area contributed by atoms with Gasteiger partial charge in [-0.2, -0.15) is 0 Å². The Labute approximate surface area is 157 Å². The van der Waals surface area contributed by atoms with Gasteiger partial charge < -0.3 is 4.74 Å². The highest BCUT2D eigenvalue weighted by Crippen LogP contribution is 2.21.